The summed E-state index contributed by atoms with van der Waals surface area (Å²) in [7, 11) is 0. The molecule has 5 heteroatoms. The SMILES string of the molecule is O=C(O)c1nc2cc(CBr)ccc2s1. The number of carboxylic acid groups (broad SMARTS) is 1. The van der Waals surface area contributed by atoms with Gasteiger partial charge in [-0.1, -0.05) is 22.0 Å². The second kappa shape index (κ2) is 3.67. The van der Waals surface area contributed by atoms with Crippen LogP contribution in [0.3, 0.4) is 0 Å². The number of halogens is 1. The summed E-state index contributed by atoms with van der Waals surface area (Å²) >= 11 is 4.54. The standard InChI is InChI=1S/C9H6BrNO2S/c10-4-5-1-2-7-6(3-5)11-8(14-7)9(12)13/h1-3H,4H2,(H,12,13). The van der Waals surface area contributed by atoms with Gasteiger partial charge in [0, 0.05) is 5.33 Å². The number of benzene rings is 1. The molecule has 1 aromatic carbocycles. The molecule has 0 atom stereocenters. The lowest BCUT2D eigenvalue weighted by molar-refractivity contribution is 0.0696. The number of aromatic carboxylic acids is 1. The van der Waals surface area contributed by atoms with Gasteiger partial charge in [0.25, 0.3) is 0 Å². The number of hydrogen-bond donors (Lipinski definition) is 1. The summed E-state index contributed by atoms with van der Waals surface area (Å²) in [6.07, 6.45) is 0. The van der Waals surface area contributed by atoms with Crippen LogP contribution in [0, 0.1) is 0 Å². The maximum atomic E-state index is 10.7. The zero-order chi connectivity index (χ0) is 10.1. The van der Waals surface area contributed by atoms with Crippen molar-refractivity contribution in [2.75, 3.05) is 0 Å². The lowest BCUT2D eigenvalue weighted by Crippen LogP contribution is -1.93. The highest BCUT2D eigenvalue weighted by atomic mass is 79.9. The van der Waals surface area contributed by atoms with Crippen LogP contribution in [0.15, 0.2) is 18.2 Å². The molecule has 72 valence electrons. The van der Waals surface area contributed by atoms with Crippen LogP contribution < -0.4 is 0 Å². The molecule has 0 saturated carbocycles. The van der Waals surface area contributed by atoms with E-state index in [2.05, 4.69) is 20.9 Å². The van der Waals surface area contributed by atoms with Gasteiger partial charge in [0.05, 0.1) is 10.2 Å². The normalized spacial score (nSPS) is 10.6. The van der Waals surface area contributed by atoms with E-state index in [0.717, 1.165) is 21.1 Å². The van der Waals surface area contributed by atoms with E-state index in [-0.39, 0.29) is 5.01 Å². The molecule has 2 rings (SSSR count). The Morgan fingerprint density at radius 3 is 3.00 bits per heavy atom. The number of rotatable bonds is 2. The molecule has 0 saturated heterocycles. The Bertz CT molecular complexity index is 495. The first-order valence-electron chi connectivity index (χ1n) is 3.89. The zero-order valence-electron chi connectivity index (χ0n) is 7.03. The van der Waals surface area contributed by atoms with Crippen molar-refractivity contribution in [3.05, 3.63) is 28.8 Å². The van der Waals surface area contributed by atoms with E-state index in [1.807, 2.05) is 18.2 Å². The van der Waals surface area contributed by atoms with Gasteiger partial charge in [-0.3, -0.25) is 0 Å². The van der Waals surface area contributed by atoms with Crippen LogP contribution >= 0.6 is 27.3 Å². The predicted octanol–water partition coefficient (Wildman–Crippen LogP) is 2.89. The second-order valence-electron chi connectivity index (χ2n) is 2.76. The van der Waals surface area contributed by atoms with Crippen molar-refractivity contribution < 1.29 is 9.90 Å². The van der Waals surface area contributed by atoms with E-state index in [4.69, 9.17) is 5.11 Å². The number of hydrogen-bond acceptors (Lipinski definition) is 3. The third-order valence-electron chi connectivity index (χ3n) is 1.79. The summed E-state index contributed by atoms with van der Waals surface area (Å²) in [6, 6.07) is 5.75. The molecular formula is C9H6BrNO2S. The molecule has 1 aromatic heterocycles. The maximum Gasteiger partial charge on any atom is 0.365 e. The predicted molar refractivity (Wildman–Crippen MR) is 59.2 cm³/mol. The van der Waals surface area contributed by atoms with Gasteiger partial charge in [0.1, 0.15) is 0 Å². The lowest BCUT2D eigenvalue weighted by atomic mass is 10.2. The number of thiazole rings is 1. The number of alkyl halides is 1. The average molecular weight is 272 g/mol. The number of fused-ring (bicyclic) bond motifs is 1. The zero-order valence-corrected chi connectivity index (χ0v) is 9.43. The highest BCUT2D eigenvalue weighted by molar-refractivity contribution is 9.08. The Balaban J connectivity index is 2.60. The van der Waals surface area contributed by atoms with Gasteiger partial charge in [0.15, 0.2) is 0 Å². The van der Waals surface area contributed by atoms with Gasteiger partial charge in [-0.05, 0) is 17.7 Å². The number of carboxylic acids is 1. The molecular weight excluding hydrogens is 266 g/mol. The van der Waals surface area contributed by atoms with E-state index in [1.54, 1.807) is 0 Å². The second-order valence-corrected chi connectivity index (χ2v) is 4.35. The fraction of sp³-hybridized carbons (Fsp3) is 0.111. The Morgan fingerprint density at radius 1 is 1.57 bits per heavy atom. The quantitative estimate of drug-likeness (QED) is 0.855. The van der Waals surface area contributed by atoms with Gasteiger partial charge >= 0.3 is 5.97 Å². The van der Waals surface area contributed by atoms with Gasteiger partial charge in [-0.2, -0.15) is 0 Å². The van der Waals surface area contributed by atoms with Gasteiger partial charge in [-0.25, -0.2) is 9.78 Å². The molecule has 0 aliphatic heterocycles. The molecule has 0 aliphatic rings. The summed E-state index contributed by atoms with van der Waals surface area (Å²) in [5.74, 6) is -0.966. The summed E-state index contributed by atoms with van der Waals surface area (Å²) in [6.45, 7) is 0. The van der Waals surface area contributed by atoms with Gasteiger partial charge in [0.2, 0.25) is 5.01 Å². The molecule has 14 heavy (non-hydrogen) atoms. The largest absolute Gasteiger partial charge is 0.476 e. The van der Waals surface area contributed by atoms with Crippen LogP contribution in [0.4, 0.5) is 0 Å². The van der Waals surface area contributed by atoms with Crippen LogP contribution in [0.5, 0.6) is 0 Å². The number of carbonyl (C=O) groups is 1. The average Bonchev–Trinajstić information content (AvgIpc) is 2.59. The summed E-state index contributed by atoms with van der Waals surface area (Å²) in [4.78, 5) is 14.7. The number of nitrogens with zero attached hydrogens (tertiary/aromatic N) is 1. The van der Waals surface area contributed by atoms with Crippen molar-refractivity contribution >= 4 is 43.5 Å². The monoisotopic (exact) mass is 271 g/mol. The van der Waals surface area contributed by atoms with Crippen molar-refractivity contribution in [2.45, 2.75) is 5.33 Å². The first kappa shape index (κ1) is 9.61. The molecule has 2 aromatic rings. The smallest absolute Gasteiger partial charge is 0.365 e. The molecule has 0 aliphatic carbocycles. The Labute approximate surface area is 92.5 Å². The Kier molecular flexibility index (Phi) is 2.52. The fourth-order valence-corrected chi connectivity index (χ4v) is 2.28. The molecule has 0 bridgehead atoms. The maximum absolute atomic E-state index is 10.7. The highest BCUT2D eigenvalue weighted by Crippen LogP contribution is 2.23. The minimum absolute atomic E-state index is 0.145. The summed E-state index contributed by atoms with van der Waals surface area (Å²) < 4.78 is 0.909. The first-order chi connectivity index (χ1) is 6.70. The Morgan fingerprint density at radius 2 is 2.36 bits per heavy atom. The van der Waals surface area contributed by atoms with E-state index < -0.39 is 5.97 Å². The third-order valence-corrected chi connectivity index (χ3v) is 3.46. The molecule has 0 radical (unpaired) electrons. The topological polar surface area (TPSA) is 50.2 Å². The highest BCUT2D eigenvalue weighted by Gasteiger charge is 2.10. The first-order valence-corrected chi connectivity index (χ1v) is 5.83. The van der Waals surface area contributed by atoms with Crippen molar-refractivity contribution in [2.24, 2.45) is 0 Å². The van der Waals surface area contributed by atoms with Crippen molar-refractivity contribution in [1.82, 2.24) is 4.98 Å². The molecule has 0 fully saturated rings. The van der Waals surface area contributed by atoms with E-state index in [0.29, 0.717) is 0 Å². The minimum Gasteiger partial charge on any atom is -0.476 e. The molecule has 3 nitrogen and oxygen atoms in total. The van der Waals surface area contributed by atoms with Gasteiger partial charge < -0.3 is 5.11 Å². The van der Waals surface area contributed by atoms with E-state index >= 15 is 0 Å². The van der Waals surface area contributed by atoms with Crippen LogP contribution in [0.1, 0.15) is 15.4 Å². The van der Waals surface area contributed by atoms with Crippen molar-refractivity contribution in [1.29, 1.82) is 0 Å². The van der Waals surface area contributed by atoms with E-state index in [1.165, 1.54) is 11.3 Å². The van der Waals surface area contributed by atoms with Crippen LogP contribution in [0.2, 0.25) is 0 Å². The van der Waals surface area contributed by atoms with Crippen molar-refractivity contribution in [3.8, 4) is 0 Å². The third kappa shape index (κ3) is 1.65. The molecule has 1 heterocycles. The molecule has 0 amide bonds. The number of aromatic nitrogens is 1. The molecule has 0 spiro atoms. The van der Waals surface area contributed by atoms with Crippen LogP contribution in [0.25, 0.3) is 10.2 Å². The fourth-order valence-electron chi connectivity index (χ4n) is 1.15. The van der Waals surface area contributed by atoms with E-state index in [9.17, 15) is 4.79 Å². The van der Waals surface area contributed by atoms with Crippen LogP contribution in [-0.2, 0) is 5.33 Å². The summed E-state index contributed by atoms with van der Waals surface area (Å²) in [5.41, 5.74) is 1.85. The van der Waals surface area contributed by atoms with Crippen molar-refractivity contribution in [3.63, 3.8) is 0 Å². The minimum atomic E-state index is -0.966. The Hall–Kier alpha value is -0.940. The molecule has 1 N–H and O–H groups in total. The molecule has 0 unspecified atom stereocenters. The van der Waals surface area contributed by atoms with Gasteiger partial charge in [-0.15, -0.1) is 11.3 Å². The van der Waals surface area contributed by atoms with Crippen LogP contribution in [-0.4, -0.2) is 16.1 Å². The lowest BCUT2D eigenvalue weighted by Gasteiger charge is -1.92. The summed E-state index contributed by atoms with van der Waals surface area (Å²) in [5, 5.41) is 9.65.